The van der Waals surface area contributed by atoms with Gasteiger partial charge in [-0.25, -0.2) is 0 Å². The van der Waals surface area contributed by atoms with Gasteiger partial charge in [0.05, 0.1) is 4.90 Å². The lowest BCUT2D eigenvalue weighted by atomic mass is 9.86. The highest BCUT2D eigenvalue weighted by Gasteiger charge is 2.32. The molecule has 2 nitrogen and oxygen atoms in total. The van der Waals surface area contributed by atoms with Gasteiger partial charge in [-0.15, -0.1) is 11.8 Å². The molecule has 0 saturated heterocycles. The van der Waals surface area contributed by atoms with Crippen LogP contribution in [-0.2, 0) is 0 Å². The van der Waals surface area contributed by atoms with Crippen molar-refractivity contribution in [2.45, 2.75) is 115 Å². The predicted octanol–water partition coefficient (Wildman–Crippen LogP) is 8.07. The topological polar surface area (TPSA) is 29.5 Å². The van der Waals surface area contributed by atoms with Crippen LogP contribution in [0.4, 0.5) is 0 Å². The second kappa shape index (κ2) is 11.2. The molecule has 1 atom stereocenters. The van der Waals surface area contributed by atoms with Crippen molar-refractivity contribution >= 4 is 11.8 Å². The third-order valence-corrected chi connectivity index (χ3v) is 6.69. The molecule has 0 radical (unpaired) electrons. The summed E-state index contributed by atoms with van der Waals surface area (Å²) in [5.41, 5.74) is 1.03. The van der Waals surface area contributed by atoms with E-state index in [2.05, 4.69) is 33.8 Å². The van der Waals surface area contributed by atoms with Crippen molar-refractivity contribution in [3.8, 4) is 11.5 Å². The van der Waals surface area contributed by atoms with Crippen molar-refractivity contribution in [2.24, 2.45) is 0 Å². The SMILES string of the molecule is CCCCCCCCCCCCSc1cc2c(cc1O)C(C)CC(C)(C)O2. The van der Waals surface area contributed by atoms with E-state index in [1.165, 1.54) is 64.2 Å². The molecule has 27 heavy (non-hydrogen) atoms. The van der Waals surface area contributed by atoms with Crippen LogP contribution in [0.5, 0.6) is 11.5 Å². The van der Waals surface area contributed by atoms with E-state index in [0.717, 1.165) is 28.4 Å². The van der Waals surface area contributed by atoms with Crippen molar-refractivity contribution in [3.05, 3.63) is 17.7 Å². The summed E-state index contributed by atoms with van der Waals surface area (Å²) in [5, 5.41) is 10.4. The molecule has 0 amide bonds. The summed E-state index contributed by atoms with van der Waals surface area (Å²) in [7, 11) is 0. The molecular formula is C24H40O2S. The average molecular weight is 393 g/mol. The highest BCUT2D eigenvalue weighted by atomic mass is 32.2. The number of fused-ring (bicyclic) bond motifs is 1. The van der Waals surface area contributed by atoms with Crippen LogP contribution in [0.2, 0.25) is 0 Å². The number of benzene rings is 1. The van der Waals surface area contributed by atoms with Crippen LogP contribution in [-0.4, -0.2) is 16.5 Å². The fourth-order valence-electron chi connectivity index (χ4n) is 4.11. The first kappa shape index (κ1) is 22.5. The molecule has 2 rings (SSSR count). The molecule has 0 fully saturated rings. The molecule has 1 unspecified atom stereocenters. The maximum atomic E-state index is 10.4. The lowest BCUT2D eigenvalue weighted by molar-refractivity contribution is 0.0740. The van der Waals surface area contributed by atoms with E-state index in [0.29, 0.717) is 11.7 Å². The molecule has 1 aliphatic heterocycles. The summed E-state index contributed by atoms with van der Waals surface area (Å²) < 4.78 is 6.17. The average Bonchev–Trinajstić information content (AvgIpc) is 2.60. The Balaban J connectivity index is 1.67. The van der Waals surface area contributed by atoms with Crippen molar-refractivity contribution < 1.29 is 9.84 Å². The zero-order valence-corrected chi connectivity index (χ0v) is 18.8. The third kappa shape index (κ3) is 7.60. The van der Waals surface area contributed by atoms with E-state index in [-0.39, 0.29) is 5.60 Å². The number of aromatic hydroxyl groups is 1. The minimum absolute atomic E-state index is 0.123. The molecule has 154 valence electrons. The molecule has 1 aromatic carbocycles. The second-order valence-corrected chi connectivity index (χ2v) is 9.99. The molecule has 3 heteroatoms. The normalized spacial score (nSPS) is 18.1. The Labute approximate surface area is 171 Å². The number of hydrogen-bond donors (Lipinski definition) is 1. The van der Waals surface area contributed by atoms with Crippen LogP contribution in [0, 0.1) is 0 Å². The summed E-state index contributed by atoms with van der Waals surface area (Å²) in [6.07, 6.45) is 14.6. The van der Waals surface area contributed by atoms with Gasteiger partial charge in [0.15, 0.2) is 0 Å². The Morgan fingerprint density at radius 3 is 2.22 bits per heavy atom. The Morgan fingerprint density at radius 2 is 1.59 bits per heavy atom. The largest absolute Gasteiger partial charge is 0.507 e. The monoisotopic (exact) mass is 392 g/mol. The second-order valence-electron chi connectivity index (χ2n) is 8.86. The Morgan fingerprint density at radius 1 is 1.00 bits per heavy atom. The molecule has 0 aliphatic carbocycles. The molecular weight excluding hydrogens is 352 g/mol. The molecule has 1 aliphatic rings. The number of thioether (sulfide) groups is 1. The molecule has 0 saturated carbocycles. The lowest BCUT2D eigenvalue weighted by Gasteiger charge is -2.36. The van der Waals surface area contributed by atoms with Crippen LogP contribution in [0.25, 0.3) is 0 Å². The number of rotatable bonds is 12. The first-order valence-corrected chi connectivity index (χ1v) is 12.1. The van der Waals surface area contributed by atoms with Gasteiger partial charge < -0.3 is 9.84 Å². The Bertz CT molecular complexity index is 568. The van der Waals surface area contributed by atoms with E-state index in [1.54, 1.807) is 11.8 Å². The zero-order chi connectivity index (χ0) is 19.7. The summed E-state index contributed by atoms with van der Waals surface area (Å²) in [5.74, 6) is 2.88. The predicted molar refractivity (Wildman–Crippen MR) is 118 cm³/mol. The minimum Gasteiger partial charge on any atom is -0.507 e. The fraction of sp³-hybridized carbons (Fsp3) is 0.750. The van der Waals surface area contributed by atoms with Crippen molar-refractivity contribution in [2.75, 3.05) is 5.75 Å². The zero-order valence-electron chi connectivity index (χ0n) is 18.0. The maximum absolute atomic E-state index is 10.4. The summed E-state index contributed by atoms with van der Waals surface area (Å²) in [4.78, 5) is 0.967. The van der Waals surface area contributed by atoms with E-state index in [4.69, 9.17) is 4.74 Å². The van der Waals surface area contributed by atoms with Crippen molar-refractivity contribution in [1.29, 1.82) is 0 Å². The van der Waals surface area contributed by atoms with Gasteiger partial charge in [-0.05, 0) is 50.5 Å². The third-order valence-electron chi connectivity index (χ3n) is 5.56. The molecule has 1 N–H and O–H groups in total. The summed E-state index contributed by atoms with van der Waals surface area (Å²) in [6.45, 7) is 8.79. The quantitative estimate of drug-likeness (QED) is 0.288. The number of phenolic OH excluding ortho intramolecular Hbond substituents is 1. The van der Waals surface area contributed by atoms with Gasteiger partial charge in [-0.2, -0.15) is 0 Å². The smallest absolute Gasteiger partial charge is 0.129 e. The van der Waals surface area contributed by atoms with Crippen molar-refractivity contribution in [3.63, 3.8) is 0 Å². The van der Waals surface area contributed by atoms with Gasteiger partial charge in [-0.1, -0.05) is 71.6 Å². The number of ether oxygens (including phenoxy) is 1. The maximum Gasteiger partial charge on any atom is 0.129 e. The van der Waals surface area contributed by atoms with Gasteiger partial charge in [-0.3, -0.25) is 0 Å². The van der Waals surface area contributed by atoms with Crippen LogP contribution in [0.15, 0.2) is 17.0 Å². The molecule has 0 bridgehead atoms. The minimum atomic E-state index is -0.123. The van der Waals surface area contributed by atoms with Gasteiger partial charge in [0.2, 0.25) is 0 Å². The van der Waals surface area contributed by atoms with Crippen molar-refractivity contribution in [1.82, 2.24) is 0 Å². The number of hydrogen-bond acceptors (Lipinski definition) is 3. The van der Waals surface area contributed by atoms with Crippen LogP contribution >= 0.6 is 11.8 Å². The van der Waals surface area contributed by atoms with Gasteiger partial charge in [0.25, 0.3) is 0 Å². The summed E-state index contributed by atoms with van der Waals surface area (Å²) in [6, 6.07) is 3.99. The highest BCUT2D eigenvalue weighted by Crippen LogP contribution is 2.45. The fourth-order valence-corrected chi connectivity index (χ4v) is 5.08. The molecule has 1 heterocycles. The van der Waals surface area contributed by atoms with E-state index in [9.17, 15) is 5.11 Å². The van der Waals surface area contributed by atoms with Gasteiger partial charge in [0.1, 0.15) is 17.1 Å². The summed E-state index contributed by atoms with van der Waals surface area (Å²) >= 11 is 1.77. The van der Waals surface area contributed by atoms with E-state index >= 15 is 0 Å². The molecule has 0 spiro atoms. The van der Waals surface area contributed by atoms with Crippen LogP contribution in [0.3, 0.4) is 0 Å². The first-order chi connectivity index (χ1) is 12.9. The number of unbranched alkanes of at least 4 members (excludes halogenated alkanes) is 9. The highest BCUT2D eigenvalue weighted by molar-refractivity contribution is 7.99. The first-order valence-electron chi connectivity index (χ1n) is 11.1. The van der Waals surface area contributed by atoms with Gasteiger partial charge >= 0.3 is 0 Å². The van der Waals surface area contributed by atoms with Crippen LogP contribution in [0.1, 0.15) is 110 Å². The lowest BCUT2D eigenvalue weighted by Crippen LogP contribution is -2.34. The Kier molecular flexibility index (Phi) is 9.35. The molecule has 1 aromatic rings. The number of phenols is 1. The molecule has 0 aromatic heterocycles. The standard InChI is InChI=1S/C24H40O2S/c1-5-6-7-8-9-10-11-12-13-14-15-27-23-17-22-20(16-21(23)25)19(2)18-24(3,4)26-22/h16-17,19,25H,5-15,18H2,1-4H3. The van der Waals surface area contributed by atoms with Gasteiger partial charge in [0, 0.05) is 5.56 Å². The van der Waals surface area contributed by atoms with E-state index < -0.39 is 0 Å². The van der Waals surface area contributed by atoms with Crippen LogP contribution < -0.4 is 4.74 Å². The Hall–Kier alpha value is -0.830. The van der Waals surface area contributed by atoms with E-state index in [1.807, 2.05) is 6.07 Å².